The maximum Gasteiger partial charge on any atom is -0.0305 e. The number of benzene rings is 3. The molecule has 0 saturated carbocycles. The molecular weight excluding hydrogens is 324 g/mol. The van der Waals surface area contributed by atoms with Gasteiger partial charge in [0.05, 0.1) is 0 Å². The van der Waals surface area contributed by atoms with Crippen molar-refractivity contribution < 1.29 is 0 Å². The molecular formula is C27H36. The fourth-order valence-corrected chi connectivity index (χ4v) is 3.10. The fraction of sp³-hybridized carbons (Fsp3) is 0.333. The number of aryl methyl sites for hydroxylation is 8. The molecule has 3 aromatic rings. The van der Waals surface area contributed by atoms with Crippen LogP contribution >= 0.6 is 0 Å². The summed E-state index contributed by atoms with van der Waals surface area (Å²) < 4.78 is 0. The van der Waals surface area contributed by atoms with Crippen LogP contribution < -0.4 is 0 Å². The van der Waals surface area contributed by atoms with Crippen LogP contribution in [-0.4, -0.2) is 0 Å². The van der Waals surface area contributed by atoms with Crippen molar-refractivity contribution in [1.29, 1.82) is 0 Å². The van der Waals surface area contributed by atoms with Crippen LogP contribution in [0.4, 0.5) is 0 Å². The van der Waals surface area contributed by atoms with Gasteiger partial charge in [0.15, 0.2) is 0 Å². The molecule has 0 saturated heterocycles. The zero-order valence-corrected chi connectivity index (χ0v) is 18.5. The second-order valence-electron chi connectivity index (χ2n) is 7.53. The summed E-state index contributed by atoms with van der Waals surface area (Å²) in [5.41, 5.74) is 11.0. The third kappa shape index (κ3) is 8.73. The summed E-state index contributed by atoms with van der Waals surface area (Å²) in [4.78, 5) is 0. The lowest BCUT2D eigenvalue weighted by molar-refractivity contribution is 1.11. The largest absolute Gasteiger partial charge is 0.0620 e. The molecule has 0 atom stereocenters. The van der Waals surface area contributed by atoms with Crippen molar-refractivity contribution in [3.63, 3.8) is 0 Å². The number of hydrogen-bond acceptors (Lipinski definition) is 0. The molecule has 0 N–H and O–H groups in total. The molecule has 27 heavy (non-hydrogen) atoms. The minimum absolute atomic E-state index is 1.15. The topological polar surface area (TPSA) is 0 Å². The van der Waals surface area contributed by atoms with E-state index in [1.165, 1.54) is 44.5 Å². The maximum atomic E-state index is 2.20. The third-order valence-corrected chi connectivity index (χ3v) is 4.67. The molecule has 0 radical (unpaired) electrons. The van der Waals surface area contributed by atoms with Crippen LogP contribution in [0.5, 0.6) is 0 Å². The molecule has 0 spiro atoms. The van der Waals surface area contributed by atoms with Crippen molar-refractivity contribution in [2.75, 3.05) is 0 Å². The van der Waals surface area contributed by atoms with Crippen LogP contribution in [0, 0.1) is 48.5 Å². The molecule has 0 bridgehead atoms. The summed E-state index contributed by atoms with van der Waals surface area (Å²) in [6.45, 7) is 17.1. The molecule has 0 heterocycles. The highest BCUT2D eigenvalue weighted by molar-refractivity contribution is 5.29. The molecule has 0 heteroatoms. The van der Waals surface area contributed by atoms with Crippen molar-refractivity contribution in [3.8, 4) is 0 Å². The van der Waals surface area contributed by atoms with E-state index >= 15 is 0 Å². The summed E-state index contributed by atoms with van der Waals surface area (Å²) in [5, 5.41) is 0. The fourth-order valence-electron chi connectivity index (χ4n) is 3.10. The van der Waals surface area contributed by atoms with Crippen LogP contribution in [0.25, 0.3) is 0 Å². The van der Waals surface area contributed by atoms with E-state index in [9.17, 15) is 0 Å². The Morgan fingerprint density at radius 2 is 1.00 bits per heavy atom. The first-order valence-corrected chi connectivity index (χ1v) is 9.86. The summed E-state index contributed by atoms with van der Waals surface area (Å²) in [6, 6.07) is 21.6. The quantitative estimate of drug-likeness (QED) is 0.415. The molecule has 0 aliphatic carbocycles. The minimum atomic E-state index is 1.15. The molecule has 0 unspecified atom stereocenters. The molecule has 0 fully saturated rings. The molecule has 0 amide bonds. The minimum Gasteiger partial charge on any atom is -0.0620 e. The second kappa shape index (κ2) is 11.4. The van der Waals surface area contributed by atoms with Crippen LogP contribution in [0.1, 0.15) is 51.4 Å². The number of rotatable bonds is 1. The van der Waals surface area contributed by atoms with Crippen LogP contribution in [0.3, 0.4) is 0 Å². The molecule has 0 aliphatic heterocycles. The Bertz CT molecular complexity index is 790. The van der Waals surface area contributed by atoms with Gasteiger partial charge in [-0.3, -0.25) is 0 Å². The lowest BCUT2D eigenvalue weighted by atomic mass is 10.1. The van der Waals surface area contributed by atoms with Gasteiger partial charge in [-0.1, -0.05) is 89.8 Å². The Balaban J connectivity index is 0.000000202. The van der Waals surface area contributed by atoms with Crippen LogP contribution in [0.2, 0.25) is 0 Å². The molecule has 3 aromatic carbocycles. The van der Waals surface area contributed by atoms with E-state index in [0.717, 1.165) is 6.42 Å². The zero-order chi connectivity index (χ0) is 20.4. The van der Waals surface area contributed by atoms with Gasteiger partial charge in [-0.05, 0) is 77.1 Å². The lowest BCUT2D eigenvalue weighted by Crippen LogP contribution is -1.82. The smallest absolute Gasteiger partial charge is 0.0305 e. The Labute approximate surface area is 167 Å². The average Bonchev–Trinajstić information content (AvgIpc) is 2.59. The molecule has 0 aliphatic rings. The first-order valence-electron chi connectivity index (χ1n) is 9.86. The van der Waals surface area contributed by atoms with Crippen LogP contribution in [-0.2, 0) is 6.42 Å². The van der Waals surface area contributed by atoms with Gasteiger partial charge in [-0.25, -0.2) is 0 Å². The Kier molecular flexibility index (Phi) is 9.58. The molecule has 144 valence electrons. The van der Waals surface area contributed by atoms with Crippen molar-refractivity contribution in [2.24, 2.45) is 0 Å². The standard InChI is InChI=1S/3C9H12/c1-7-4-8(2)6-9(3)5-7;1-7-4-5-8(2)9(3)6-7;1-3-9-7-5-4-6-8(9)2/h2*4-6H,1-3H3;4-7H,3H2,1-2H3. The SMILES string of the molecule is CCc1ccccc1C.Cc1cc(C)cc(C)c1.Cc1ccc(C)c(C)c1. The van der Waals surface area contributed by atoms with E-state index in [4.69, 9.17) is 0 Å². The van der Waals surface area contributed by atoms with E-state index in [0.29, 0.717) is 0 Å². The Morgan fingerprint density at radius 3 is 1.37 bits per heavy atom. The van der Waals surface area contributed by atoms with E-state index in [-0.39, 0.29) is 0 Å². The van der Waals surface area contributed by atoms with Gasteiger partial charge >= 0.3 is 0 Å². The van der Waals surface area contributed by atoms with Gasteiger partial charge in [0.2, 0.25) is 0 Å². The van der Waals surface area contributed by atoms with Gasteiger partial charge in [0.25, 0.3) is 0 Å². The third-order valence-electron chi connectivity index (χ3n) is 4.67. The van der Waals surface area contributed by atoms with Gasteiger partial charge < -0.3 is 0 Å². The van der Waals surface area contributed by atoms with Crippen molar-refractivity contribution in [1.82, 2.24) is 0 Å². The highest BCUT2D eigenvalue weighted by Crippen LogP contribution is 2.08. The summed E-state index contributed by atoms with van der Waals surface area (Å²) in [5.74, 6) is 0. The monoisotopic (exact) mass is 360 g/mol. The highest BCUT2D eigenvalue weighted by Gasteiger charge is 1.90. The molecule has 0 aromatic heterocycles. The van der Waals surface area contributed by atoms with E-state index in [1.54, 1.807) is 0 Å². The van der Waals surface area contributed by atoms with Crippen molar-refractivity contribution in [2.45, 2.75) is 61.8 Å². The van der Waals surface area contributed by atoms with Gasteiger partial charge in [-0.2, -0.15) is 0 Å². The van der Waals surface area contributed by atoms with E-state index in [1.807, 2.05) is 0 Å². The predicted octanol–water partition coefficient (Wildman–Crippen LogP) is 7.78. The first kappa shape index (κ1) is 22.7. The van der Waals surface area contributed by atoms with Gasteiger partial charge in [0, 0.05) is 0 Å². The van der Waals surface area contributed by atoms with Crippen LogP contribution in [0.15, 0.2) is 60.7 Å². The zero-order valence-electron chi connectivity index (χ0n) is 18.5. The molecule has 0 nitrogen and oxygen atoms in total. The predicted molar refractivity (Wildman–Crippen MR) is 122 cm³/mol. The van der Waals surface area contributed by atoms with Gasteiger partial charge in [0.1, 0.15) is 0 Å². The Hall–Kier alpha value is -2.34. The summed E-state index contributed by atoms with van der Waals surface area (Å²) >= 11 is 0. The normalized spacial score (nSPS) is 9.63. The second-order valence-corrected chi connectivity index (χ2v) is 7.53. The van der Waals surface area contributed by atoms with Crippen molar-refractivity contribution in [3.05, 3.63) is 105 Å². The summed E-state index contributed by atoms with van der Waals surface area (Å²) in [7, 11) is 0. The van der Waals surface area contributed by atoms with E-state index in [2.05, 4.69) is 116 Å². The van der Waals surface area contributed by atoms with Crippen molar-refractivity contribution >= 4 is 0 Å². The lowest BCUT2D eigenvalue weighted by Gasteiger charge is -1.98. The Morgan fingerprint density at radius 1 is 0.481 bits per heavy atom. The molecule has 3 rings (SSSR count). The summed E-state index contributed by atoms with van der Waals surface area (Å²) in [6.07, 6.45) is 1.15. The van der Waals surface area contributed by atoms with Gasteiger partial charge in [-0.15, -0.1) is 0 Å². The van der Waals surface area contributed by atoms with E-state index < -0.39 is 0 Å². The maximum absolute atomic E-state index is 2.20. The average molecular weight is 361 g/mol. The number of hydrogen-bond donors (Lipinski definition) is 0. The first-order chi connectivity index (χ1) is 12.7. The highest BCUT2D eigenvalue weighted by atomic mass is 14.0.